The van der Waals surface area contributed by atoms with Crippen molar-refractivity contribution in [2.75, 3.05) is 13.1 Å². The fraction of sp³-hybridized carbons (Fsp3) is 0.583. The second-order valence-electron chi connectivity index (χ2n) is 4.77. The standard InChI is InChI=1S/C12H17NO4S2/c1-2-3-9-4-5-13(7-9)19(16,17)11-6-10(8-18-11)12(14)15/h6,8-9H,2-5,7H2,1H3,(H,14,15). The molecule has 2 heterocycles. The summed E-state index contributed by atoms with van der Waals surface area (Å²) in [4.78, 5) is 10.8. The highest BCUT2D eigenvalue weighted by molar-refractivity contribution is 7.91. The Kier molecular flexibility index (Phi) is 4.27. The number of aromatic carboxylic acids is 1. The van der Waals surface area contributed by atoms with E-state index in [0.29, 0.717) is 19.0 Å². The van der Waals surface area contributed by atoms with Crippen LogP contribution in [0.25, 0.3) is 0 Å². The third-order valence-electron chi connectivity index (χ3n) is 3.36. The molecule has 0 spiro atoms. The minimum Gasteiger partial charge on any atom is -0.478 e. The Morgan fingerprint density at radius 1 is 1.58 bits per heavy atom. The SMILES string of the molecule is CCCC1CCN(S(=O)(=O)c2cc(C(=O)O)cs2)C1. The molecule has 7 heteroatoms. The molecular formula is C12H17NO4S2. The molecular weight excluding hydrogens is 286 g/mol. The summed E-state index contributed by atoms with van der Waals surface area (Å²) in [6, 6.07) is 1.25. The Balaban J connectivity index is 2.16. The van der Waals surface area contributed by atoms with Gasteiger partial charge >= 0.3 is 5.97 Å². The summed E-state index contributed by atoms with van der Waals surface area (Å²) in [5, 5.41) is 10.2. The van der Waals surface area contributed by atoms with Crippen LogP contribution in [0.3, 0.4) is 0 Å². The Hall–Kier alpha value is -0.920. The molecule has 0 aliphatic carbocycles. The molecule has 0 aromatic carbocycles. The van der Waals surface area contributed by atoms with Crippen molar-refractivity contribution in [2.45, 2.75) is 30.4 Å². The van der Waals surface area contributed by atoms with Crippen molar-refractivity contribution < 1.29 is 18.3 Å². The third-order valence-corrected chi connectivity index (χ3v) is 6.64. The Morgan fingerprint density at radius 2 is 2.32 bits per heavy atom. The average molecular weight is 303 g/mol. The highest BCUT2D eigenvalue weighted by atomic mass is 32.2. The van der Waals surface area contributed by atoms with Crippen LogP contribution in [0, 0.1) is 5.92 Å². The number of carboxylic acids is 1. The van der Waals surface area contributed by atoms with Gasteiger partial charge in [-0.05, 0) is 24.8 Å². The van der Waals surface area contributed by atoms with E-state index >= 15 is 0 Å². The molecule has 5 nitrogen and oxygen atoms in total. The van der Waals surface area contributed by atoms with Crippen LogP contribution in [0.15, 0.2) is 15.7 Å². The average Bonchev–Trinajstić information content (AvgIpc) is 2.98. The van der Waals surface area contributed by atoms with Crippen LogP contribution in [0.5, 0.6) is 0 Å². The Bertz CT molecular complexity index is 564. The Labute approximate surface area is 116 Å². The van der Waals surface area contributed by atoms with Gasteiger partial charge in [0.15, 0.2) is 0 Å². The summed E-state index contributed by atoms with van der Waals surface area (Å²) < 4.78 is 26.3. The summed E-state index contributed by atoms with van der Waals surface area (Å²) in [6.07, 6.45) is 2.99. The third kappa shape index (κ3) is 2.98. The number of carbonyl (C=O) groups is 1. The molecule has 2 rings (SSSR count). The quantitative estimate of drug-likeness (QED) is 0.905. The van der Waals surface area contributed by atoms with Crippen LogP contribution < -0.4 is 0 Å². The Morgan fingerprint density at radius 3 is 2.89 bits per heavy atom. The fourth-order valence-corrected chi connectivity index (χ4v) is 5.19. The molecule has 106 valence electrons. The summed E-state index contributed by atoms with van der Waals surface area (Å²) in [7, 11) is -3.51. The zero-order valence-electron chi connectivity index (χ0n) is 10.7. The van der Waals surface area contributed by atoms with E-state index in [1.807, 2.05) is 0 Å². The van der Waals surface area contributed by atoms with E-state index < -0.39 is 16.0 Å². The molecule has 1 fully saturated rings. The lowest BCUT2D eigenvalue weighted by Gasteiger charge is -2.15. The highest BCUT2D eigenvalue weighted by Crippen LogP contribution is 2.29. The highest BCUT2D eigenvalue weighted by Gasteiger charge is 2.33. The molecule has 0 amide bonds. The van der Waals surface area contributed by atoms with Gasteiger partial charge in [-0.15, -0.1) is 11.3 Å². The van der Waals surface area contributed by atoms with E-state index in [0.717, 1.165) is 30.6 Å². The maximum atomic E-state index is 12.4. The topological polar surface area (TPSA) is 74.7 Å². The predicted octanol–water partition coefficient (Wildman–Crippen LogP) is 2.26. The van der Waals surface area contributed by atoms with Gasteiger partial charge in [-0.2, -0.15) is 4.31 Å². The largest absolute Gasteiger partial charge is 0.478 e. The van der Waals surface area contributed by atoms with E-state index in [-0.39, 0.29) is 9.77 Å². The zero-order chi connectivity index (χ0) is 14.0. The smallest absolute Gasteiger partial charge is 0.336 e. The lowest BCUT2D eigenvalue weighted by molar-refractivity contribution is 0.0697. The number of thiophene rings is 1. The van der Waals surface area contributed by atoms with Crippen LogP contribution >= 0.6 is 11.3 Å². The molecule has 0 saturated carbocycles. The lowest BCUT2D eigenvalue weighted by Crippen LogP contribution is -2.28. The van der Waals surface area contributed by atoms with Crippen molar-refractivity contribution in [1.29, 1.82) is 0 Å². The summed E-state index contributed by atoms with van der Waals surface area (Å²) in [5.74, 6) is -0.665. The van der Waals surface area contributed by atoms with Crippen molar-refractivity contribution in [3.8, 4) is 0 Å². The second-order valence-corrected chi connectivity index (χ2v) is 7.84. The van der Waals surface area contributed by atoms with Gasteiger partial charge < -0.3 is 5.11 Å². The van der Waals surface area contributed by atoms with E-state index in [2.05, 4.69) is 6.92 Å². The zero-order valence-corrected chi connectivity index (χ0v) is 12.3. The van der Waals surface area contributed by atoms with Gasteiger partial charge in [0.2, 0.25) is 0 Å². The number of sulfonamides is 1. The second kappa shape index (κ2) is 5.60. The van der Waals surface area contributed by atoms with E-state index in [1.54, 1.807) is 0 Å². The number of hydrogen-bond acceptors (Lipinski definition) is 4. The number of rotatable bonds is 5. The maximum absolute atomic E-state index is 12.4. The molecule has 0 bridgehead atoms. The molecule has 1 aliphatic heterocycles. The van der Waals surface area contributed by atoms with Crippen molar-refractivity contribution >= 4 is 27.3 Å². The molecule has 1 atom stereocenters. The molecule has 1 aromatic heterocycles. The molecule has 1 aromatic rings. The summed E-state index contributed by atoms with van der Waals surface area (Å²) in [6.45, 7) is 3.18. The van der Waals surface area contributed by atoms with Gasteiger partial charge in [0.1, 0.15) is 4.21 Å². The molecule has 1 saturated heterocycles. The van der Waals surface area contributed by atoms with Gasteiger partial charge in [-0.25, -0.2) is 13.2 Å². The van der Waals surface area contributed by atoms with Gasteiger partial charge in [0.25, 0.3) is 10.0 Å². The molecule has 1 unspecified atom stereocenters. The summed E-state index contributed by atoms with van der Waals surface area (Å²) >= 11 is 0.976. The van der Waals surface area contributed by atoms with Crippen LogP contribution in [-0.2, 0) is 10.0 Å². The maximum Gasteiger partial charge on any atom is 0.336 e. The van der Waals surface area contributed by atoms with Gasteiger partial charge in [-0.3, -0.25) is 0 Å². The van der Waals surface area contributed by atoms with Crippen molar-refractivity contribution in [3.63, 3.8) is 0 Å². The van der Waals surface area contributed by atoms with Crippen LogP contribution in [0.1, 0.15) is 36.5 Å². The first-order valence-electron chi connectivity index (χ1n) is 6.27. The lowest BCUT2D eigenvalue weighted by atomic mass is 10.0. The van der Waals surface area contributed by atoms with Gasteiger partial charge in [0, 0.05) is 18.5 Å². The van der Waals surface area contributed by atoms with E-state index in [4.69, 9.17) is 5.11 Å². The van der Waals surface area contributed by atoms with Crippen molar-refractivity contribution in [3.05, 3.63) is 17.0 Å². The molecule has 0 radical (unpaired) electrons. The van der Waals surface area contributed by atoms with Crippen LogP contribution in [0.4, 0.5) is 0 Å². The number of nitrogens with zero attached hydrogens (tertiary/aromatic N) is 1. The minimum atomic E-state index is -3.51. The monoisotopic (exact) mass is 303 g/mol. The summed E-state index contributed by atoms with van der Waals surface area (Å²) in [5.41, 5.74) is 0.0351. The van der Waals surface area contributed by atoms with E-state index in [1.165, 1.54) is 15.8 Å². The predicted molar refractivity (Wildman–Crippen MR) is 73.1 cm³/mol. The fourth-order valence-electron chi connectivity index (χ4n) is 2.35. The van der Waals surface area contributed by atoms with Crippen molar-refractivity contribution in [1.82, 2.24) is 4.31 Å². The van der Waals surface area contributed by atoms with Gasteiger partial charge in [0.05, 0.1) is 5.56 Å². The molecule has 1 aliphatic rings. The number of hydrogen-bond donors (Lipinski definition) is 1. The van der Waals surface area contributed by atoms with Gasteiger partial charge in [-0.1, -0.05) is 13.3 Å². The molecule has 1 N–H and O–H groups in total. The van der Waals surface area contributed by atoms with Crippen molar-refractivity contribution in [2.24, 2.45) is 5.92 Å². The first-order valence-corrected chi connectivity index (χ1v) is 8.59. The normalized spacial score (nSPS) is 20.8. The van der Waals surface area contributed by atoms with Crippen LogP contribution in [0.2, 0.25) is 0 Å². The molecule has 19 heavy (non-hydrogen) atoms. The van der Waals surface area contributed by atoms with Crippen LogP contribution in [-0.4, -0.2) is 36.9 Å². The van der Waals surface area contributed by atoms with E-state index in [9.17, 15) is 13.2 Å². The first kappa shape index (κ1) is 14.5. The number of carboxylic acid groups (broad SMARTS) is 1. The minimum absolute atomic E-state index is 0.0351. The first-order chi connectivity index (χ1) is 8.95.